The maximum Gasteiger partial charge on any atom is 0.226 e. The fourth-order valence-corrected chi connectivity index (χ4v) is 5.18. The molecular formula is C21H17BrN4O2S. The number of rotatable bonds is 3. The van der Waals surface area contributed by atoms with E-state index in [4.69, 9.17) is 14.8 Å². The monoisotopic (exact) mass is 468 g/mol. The molecule has 2 aromatic carbocycles. The van der Waals surface area contributed by atoms with Crippen molar-refractivity contribution in [2.24, 2.45) is 0 Å². The van der Waals surface area contributed by atoms with Gasteiger partial charge in [0.2, 0.25) is 11.0 Å². The zero-order valence-electron chi connectivity index (χ0n) is 15.8. The first-order valence-corrected chi connectivity index (χ1v) is 10.7. The van der Waals surface area contributed by atoms with Crippen LogP contribution in [0.4, 0.5) is 5.82 Å². The van der Waals surface area contributed by atoms with Crippen LogP contribution < -0.4 is 10.1 Å². The highest BCUT2D eigenvalue weighted by Gasteiger charge is 2.34. The van der Waals surface area contributed by atoms with Gasteiger partial charge in [-0.05, 0) is 37.3 Å². The Kier molecular flexibility index (Phi) is 4.40. The maximum atomic E-state index is 12.6. The number of nitrogens with one attached hydrogen (secondary N) is 1. The second kappa shape index (κ2) is 6.96. The molecule has 1 atom stereocenters. The Hall–Kier alpha value is -2.71. The van der Waals surface area contributed by atoms with E-state index in [-0.39, 0.29) is 11.8 Å². The van der Waals surface area contributed by atoms with Crippen LogP contribution >= 0.6 is 27.3 Å². The van der Waals surface area contributed by atoms with E-state index in [1.54, 1.807) is 23.1 Å². The summed E-state index contributed by atoms with van der Waals surface area (Å²) in [6, 6.07) is 13.8. The molecule has 0 aliphatic carbocycles. The quantitative estimate of drug-likeness (QED) is 0.457. The number of benzene rings is 2. The Bertz CT molecular complexity index is 1230. The topological polar surface area (TPSA) is 69.0 Å². The van der Waals surface area contributed by atoms with Crippen molar-refractivity contribution in [3.63, 3.8) is 0 Å². The normalized spacial score (nSPS) is 16.0. The molecule has 2 aromatic heterocycles. The molecule has 0 bridgehead atoms. The predicted molar refractivity (Wildman–Crippen MR) is 117 cm³/mol. The fraction of sp³-hybridized carbons (Fsp3) is 0.190. The summed E-state index contributed by atoms with van der Waals surface area (Å²) in [6.07, 6.45) is 0.339. The molecule has 5 rings (SSSR count). The third-order valence-corrected chi connectivity index (χ3v) is 6.64. The van der Waals surface area contributed by atoms with Gasteiger partial charge in [0.15, 0.2) is 0 Å². The van der Waals surface area contributed by atoms with E-state index in [2.05, 4.69) is 21.2 Å². The number of aryl methyl sites for hydroxylation is 1. The average molecular weight is 469 g/mol. The van der Waals surface area contributed by atoms with E-state index < -0.39 is 0 Å². The van der Waals surface area contributed by atoms with Crippen LogP contribution in [0.15, 0.2) is 46.9 Å². The summed E-state index contributed by atoms with van der Waals surface area (Å²) < 4.78 is 9.36. The van der Waals surface area contributed by atoms with Gasteiger partial charge in [0.25, 0.3) is 0 Å². The molecule has 0 saturated heterocycles. The minimum absolute atomic E-state index is 0.0493. The molecule has 3 heterocycles. The van der Waals surface area contributed by atoms with Gasteiger partial charge in [-0.15, -0.1) is 0 Å². The summed E-state index contributed by atoms with van der Waals surface area (Å²) in [5.41, 5.74) is 3.75. The van der Waals surface area contributed by atoms with E-state index in [0.29, 0.717) is 12.2 Å². The first kappa shape index (κ1) is 18.3. The van der Waals surface area contributed by atoms with Crippen LogP contribution in [-0.2, 0) is 4.79 Å². The molecule has 4 aromatic rings. The smallest absolute Gasteiger partial charge is 0.226 e. The number of hydrogen-bond donors (Lipinski definition) is 1. The van der Waals surface area contributed by atoms with Crippen molar-refractivity contribution < 1.29 is 9.53 Å². The summed E-state index contributed by atoms with van der Waals surface area (Å²) in [7, 11) is 1.65. The zero-order chi connectivity index (χ0) is 20.1. The molecule has 6 nitrogen and oxygen atoms in total. The van der Waals surface area contributed by atoms with Crippen LogP contribution in [-0.4, -0.2) is 27.8 Å². The van der Waals surface area contributed by atoms with Crippen molar-refractivity contribution in [3.8, 4) is 10.9 Å². The highest BCUT2D eigenvalue weighted by molar-refractivity contribution is 9.10. The van der Waals surface area contributed by atoms with Crippen molar-refractivity contribution >= 4 is 49.2 Å². The second-order valence-electron chi connectivity index (χ2n) is 6.91. The van der Waals surface area contributed by atoms with Crippen molar-refractivity contribution in [2.45, 2.75) is 19.3 Å². The number of hydrogen-bond acceptors (Lipinski definition) is 5. The number of thiazole rings is 1. The molecule has 0 radical (unpaired) electrons. The number of nitrogens with zero attached hydrogens (tertiary/aromatic N) is 3. The SMILES string of the molecule is COc1ccc(Br)cc1[C@@H]1CC(=O)Nc2c1c(C)nn2-c1nc2ccccc2s1. The van der Waals surface area contributed by atoms with Crippen molar-refractivity contribution in [2.75, 3.05) is 12.4 Å². The number of carbonyl (C=O) groups is 1. The van der Waals surface area contributed by atoms with Crippen LogP contribution in [0.2, 0.25) is 0 Å². The molecule has 0 fully saturated rings. The minimum Gasteiger partial charge on any atom is -0.496 e. The van der Waals surface area contributed by atoms with Gasteiger partial charge in [-0.2, -0.15) is 9.78 Å². The highest BCUT2D eigenvalue weighted by atomic mass is 79.9. The van der Waals surface area contributed by atoms with Gasteiger partial charge in [0, 0.05) is 27.9 Å². The zero-order valence-corrected chi connectivity index (χ0v) is 18.2. The summed E-state index contributed by atoms with van der Waals surface area (Å²) in [6.45, 7) is 1.97. The molecule has 1 amide bonds. The maximum absolute atomic E-state index is 12.6. The number of halogens is 1. The van der Waals surface area contributed by atoms with E-state index in [9.17, 15) is 4.79 Å². The third-order valence-electron chi connectivity index (χ3n) is 5.13. The van der Waals surface area contributed by atoms with Gasteiger partial charge in [0.1, 0.15) is 11.6 Å². The lowest BCUT2D eigenvalue weighted by Gasteiger charge is -2.25. The van der Waals surface area contributed by atoms with Crippen LogP contribution in [0.5, 0.6) is 5.75 Å². The van der Waals surface area contributed by atoms with E-state index >= 15 is 0 Å². The first-order chi connectivity index (χ1) is 14.0. The largest absolute Gasteiger partial charge is 0.496 e. The van der Waals surface area contributed by atoms with Crippen molar-refractivity contribution in [3.05, 3.63) is 63.8 Å². The molecule has 146 valence electrons. The summed E-state index contributed by atoms with van der Waals surface area (Å²) >= 11 is 5.09. The van der Waals surface area contributed by atoms with Gasteiger partial charge in [-0.1, -0.05) is 39.4 Å². The lowest BCUT2D eigenvalue weighted by Crippen LogP contribution is -2.25. The number of anilines is 1. The fourth-order valence-electron chi connectivity index (χ4n) is 3.88. The summed E-state index contributed by atoms with van der Waals surface area (Å²) in [5.74, 6) is 1.25. The molecule has 0 unspecified atom stereocenters. The lowest BCUT2D eigenvalue weighted by molar-refractivity contribution is -0.116. The van der Waals surface area contributed by atoms with Crippen LogP contribution in [0.25, 0.3) is 15.3 Å². The highest BCUT2D eigenvalue weighted by Crippen LogP contribution is 2.44. The summed E-state index contributed by atoms with van der Waals surface area (Å²) in [4.78, 5) is 17.3. The van der Waals surface area contributed by atoms with Crippen LogP contribution in [0.3, 0.4) is 0 Å². The Labute approximate surface area is 179 Å². The Balaban J connectivity index is 1.70. The molecular weight excluding hydrogens is 452 g/mol. The standard InChI is InChI=1S/C21H17BrN4O2S/c1-11-19-14(13-9-12(22)7-8-16(13)28-2)10-18(27)24-20(19)26(25-11)21-23-15-5-3-4-6-17(15)29-21/h3-9,14H,10H2,1-2H3,(H,24,27)/t14-/m0/s1. The number of aromatic nitrogens is 3. The molecule has 0 saturated carbocycles. The van der Waals surface area contributed by atoms with Gasteiger partial charge < -0.3 is 10.1 Å². The molecule has 0 spiro atoms. The van der Waals surface area contributed by atoms with Crippen molar-refractivity contribution in [1.29, 1.82) is 0 Å². The Morgan fingerprint density at radius 3 is 2.90 bits per heavy atom. The first-order valence-electron chi connectivity index (χ1n) is 9.14. The third kappa shape index (κ3) is 3.03. The Morgan fingerprint density at radius 2 is 2.10 bits per heavy atom. The van der Waals surface area contributed by atoms with Gasteiger partial charge in [-0.25, -0.2) is 4.98 Å². The minimum atomic E-state index is -0.144. The molecule has 1 aliphatic rings. The van der Waals surface area contributed by atoms with E-state index in [0.717, 1.165) is 42.4 Å². The van der Waals surface area contributed by atoms with Gasteiger partial charge >= 0.3 is 0 Å². The number of ether oxygens (including phenoxy) is 1. The molecule has 8 heteroatoms. The number of fused-ring (bicyclic) bond motifs is 2. The van der Waals surface area contributed by atoms with Crippen LogP contribution in [0, 0.1) is 6.92 Å². The lowest BCUT2D eigenvalue weighted by atomic mass is 9.85. The number of para-hydroxylation sites is 1. The predicted octanol–water partition coefficient (Wildman–Crippen LogP) is 5.04. The van der Waals surface area contributed by atoms with Gasteiger partial charge in [-0.3, -0.25) is 4.79 Å². The van der Waals surface area contributed by atoms with E-state index in [1.807, 2.05) is 49.4 Å². The average Bonchev–Trinajstić information content (AvgIpc) is 3.28. The van der Waals surface area contributed by atoms with Gasteiger partial charge in [0.05, 0.1) is 23.0 Å². The molecule has 1 N–H and O–H groups in total. The second-order valence-corrected chi connectivity index (χ2v) is 8.84. The molecule has 29 heavy (non-hydrogen) atoms. The van der Waals surface area contributed by atoms with E-state index in [1.165, 1.54) is 0 Å². The summed E-state index contributed by atoms with van der Waals surface area (Å²) in [5, 5.41) is 8.50. The Morgan fingerprint density at radius 1 is 1.28 bits per heavy atom. The number of amides is 1. The number of methoxy groups -OCH3 is 1. The van der Waals surface area contributed by atoms with Crippen molar-refractivity contribution in [1.82, 2.24) is 14.8 Å². The van der Waals surface area contributed by atoms with Crippen LogP contribution in [0.1, 0.15) is 29.2 Å². The number of carbonyl (C=O) groups excluding carboxylic acids is 1. The molecule has 1 aliphatic heterocycles.